The molecule has 0 fully saturated rings. The average molecular weight is 394 g/mol. The Morgan fingerprint density at radius 1 is 0.931 bits per heavy atom. The van der Waals surface area contributed by atoms with Crippen LogP contribution in [0.2, 0.25) is 0 Å². The van der Waals surface area contributed by atoms with Gasteiger partial charge in [-0.1, -0.05) is 30.3 Å². The minimum Gasteiger partial charge on any atom is -0.493 e. The zero-order valence-electron chi connectivity index (χ0n) is 16.5. The Morgan fingerprint density at radius 2 is 1.62 bits per heavy atom. The lowest BCUT2D eigenvalue weighted by molar-refractivity contribution is -0.123. The Balaban J connectivity index is 1.59. The number of rotatable bonds is 8. The van der Waals surface area contributed by atoms with Gasteiger partial charge in [0.15, 0.2) is 18.1 Å². The second kappa shape index (κ2) is 9.45. The summed E-state index contributed by atoms with van der Waals surface area (Å²) in [4.78, 5) is 12.0. The van der Waals surface area contributed by atoms with Crippen LogP contribution in [0.5, 0.6) is 23.0 Å². The summed E-state index contributed by atoms with van der Waals surface area (Å²) in [5.74, 6) is 1.73. The van der Waals surface area contributed by atoms with Crippen LogP contribution in [0.1, 0.15) is 5.56 Å². The van der Waals surface area contributed by atoms with Crippen molar-refractivity contribution in [3.63, 3.8) is 0 Å². The van der Waals surface area contributed by atoms with Crippen molar-refractivity contribution in [2.24, 2.45) is 5.10 Å². The van der Waals surface area contributed by atoms with Crippen molar-refractivity contribution in [2.75, 3.05) is 27.9 Å². The van der Waals surface area contributed by atoms with Crippen LogP contribution < -0.4 is 24.4 Å². The van der Waals surface area contributed by atoms with Crippen molar-refractivity contribution in [1.82, 2.24) is 5.43 Å². The lowest BCUT2D eigenvalue weighted by Crippen LogP contribution is -2.24. The van der Waals surface area contributed by atoms with E-state index in [1.807, 2.05) is 42.5 Å². The number of ether oxygens (including phenoxy) is 4. The molecule has 3 rings (SSSR count). The van der Waals surface area contributed by atoms with Gasteiger partial charge in [-0.2, -0.15) is 5.10 Å². The van der Waals surface area contributed by atoms with E-state index in [9.17, 15) is 4.79 Å². The molecule has 0 aliphatic rings. The predicted octanol–water partition coefficient (Wildman–Crippen LogP) is 3.39. The van der Waals surface area contributed by atoms with E-state index in [0.29, 0.717) is 28.6 Å². The highest BCUT2D eigenvalue weighted by molar-refractivity contribution is 5.85. The van der Waals surface area contributed by atoms with Gasteiger partial charge in [-0.25, -0.2) is 5.43 Å². The Kier molecular flexibility index (Phi) is 6.52. The molecule has 150 valence electrons. The van der Waals surface area contributed by atoms with Gasteiger partial charge in [-0.15, -0.1) is 0 Å². The van der Waals surface area contributed by atoms with Crippen molar-refractivity contribution in [2.45, 2.75) is 0 Å². The maximum absolute atomic E-state index is 12.0. The van der Waals surface area contributed by atoms with E-state index in [2.05, 4.69) is 10.5 Å². The SMILES string of the molecule is COc1cc(/C=N/NC(=O)COc2ccc3ccccc3c2)cc(OC)c1OC. The van der Waals surface area contributed by atoms with Gasteiger partial charge < -0.3 is 18.9 Å². The van der Waals surface area contributed by atoms with E-state index < -0.39 is 0 Å². The Labute approximate surface area is 168 Å². The third-order valence-electron chi connectivity index (χ3n) is 4.18. The van der Waals surface area contributed by atoms with E-state index in [-0.39, 0.29) is 12.5 Å². The lowest BCUT2D eigenvalue weighted by Gasteiger charge is -2.12. The van der Waals surface area contributed by atoms with Gasteiger partial charge in [0.2, 0.25) is 5.75 Å². The van der Waals surface area contributed by atoms with E-state index in [4.69, 9.17) is 18.9 Å². The molecule has 0 radical (unpaired) electrons. The molecule has 0 unspecified atom stereocenters. The summed E-state index contributed by atoms with van der Waals surface area (Å²) in [7, 11) is 4.60. The minimum absolute atomic E-state index is 0.148. The molecule has 0 atom stereocenters. The van der Waals surface area contributed by atoms with Gasteiger partial charge in [0.05, 0.1) is 27.5 Å². The zero-order chi connectivity index (χ0) is 20.6. The predicted molar refractivity (Wildman–Crippen MR) is 111 cm³/mol. The van der Waals surface area contributed by atoms with Crippen molar-refractivity contribution in [1.29, 1.82) is 0 Å². The summed E-state index contributed by atoms with van der Waals surface area (Å²) in [6.07, 6.45) is 1.48. The molecular weight excluding hydrogens is 372 g/mol. The monoisotopic (exact) mass is 394 g/mol. The number of methoxy groups -OCH3 is 3. The molecule has 0 saturated carbocycles. The zero-order valence-corrected chi connectivity index (χ0v) is 16.5. The maximum atomic E-state index is 12.0. The van der Waals surface area contributed by atoms with Crippen LogP contribution in [-0.4, -0.2) is 40.1 Å². The van der Waals surface area contributed by atoms with Crippen LogP contribution >= 0.6 is 0 Å². The van der Waals surface area contributed by atoms with E-state index in [1.54, 1.807) is 12.1 Å². The van der Waals surface area contributed by atoms with Gasteiger partial charge in [-0.05, 0) is 35.0 Å². The Morgan fingerprint density at radius 3 is 2.28 bits per heavy atom. The highest BCUT2D eigenvalue weighted by Crippen LogP contribution is 2.37. The minimum atomic E-state index is -0.373. The maximum Gasteiger partial charge on any atom is 0.277 e. The Bertz CT molecular complexity index is 1010. The first kappa shape index (κ1) is 20.0. The average Bonchev–Trinajstić information content (AvgIpc) is 2.76. The molecule has 0 aliphatic heterocycles. The topological polar surface area (TPSA) is 78.4 Å². The van der Waals surface area contributed by atoms with Crippen LogP contribution in [-0.2, 0) is 4.79 Å². The lowest BCUT2D eigenvalue weighted by atomic mass is 10.1. The molecule has 29 heavy (non-hydrogen) atoms. The van der Waals surface area contributed by atoms with Crippen LogP contribution in [0.25, 0.3) is 10.8 Å². The molecule has 7 nitrogen and oxygen atoms in total. The first-order valence-corrected chi connectivity index (χ1v) is 8.88. The highest BCUT2D eigenvalue weighted by Gasteiger charge is 2.12. The third kappa shape index (κ3) is 4.95. The van der Waals surface area contributed by atoms with Gasteiger partial charge in [0.25, 0.3) is 5.91 Å². The fourth-order valence-electron chi connectivity index (χ4n) is 2.79. The van der Waals surface area contributed by atoms with E-state index >= 15 is 0 Å². The van der Waals surface area contributed by atoms with Crippen LogP contribution in [0.4, 0.5) is 0 Å². The summed E-state index contributed by atoms with van der Waals surface area (Å²) in [5.41, 5.74) is 3.11. The smallest absolute Gasteiger partial charge is 0.277 e. The summed E-state index contributed by atoms with van der Waals surface area (Å²) in [6, 6.07) is 17.1. The highest BCUT2D eigenvalue weighted by atomic mass is 16.5. The van der Waals surface area contributed by atoms with Crippen molar-refractivity contribution in [3.05, 3.63) is 60.2 Å². The molecular formula is C22H22N2O5. The number of hydrogen-bond donors (Lipinski definition) is 1. The second-order valence-corrected chi connectivity index (χ2v) is 6.05. The normalized spacial score (nSPS) is 10.7. The van der Waals surface area contributed by atoms with Crippen molar-refractivity contribution < 1.29 is 23.7 Å². The quantitative estimate of drug-likeness (QED) is 0.468. The fraction of sp³-hybridized carbons (Fsp3) is 0.182. The molecule has 3 aromatic rings. The second-order valence-electron chi connectivity index (χ2n) is 6.05. The molecule has 0 aliphatic carbocycles. The van der Waals surface area contributed by atoms with E-state index in [0.717, 1.165) is 10.8 Å². The number of carbonyl (C=O) groups is 1. The van der Waals surface area contributed by atoms with Gasteiger partial charge in [-0.3, -0.25) is 4.79 Å². The molecule has 7 heteroatoms. The van der Waals surface area contributed by atoms with Crippen LogP contribution in [0.15, 0.2) is 59.7 Å². The molecule has 0 spiro atoms. The van der Waals surface area contributed by atoms with Gasteiger partial charge in [0.1, 0.15) is 5.75 Å². The number of benzene rings is 3. The number of fused-ring (bicyclic) bond motifs is 1. The van der Waals surface area contributed by atoms with Crippen LogP contribution in [0.3, 0.4) is 0 Å². The summed E-state index contributed by atoms with van der Waals surface area (Å²) in [6.45, 7) is -0.148. The largest absolute Gasteiger partial charge is 0.493 e. The summed E-state index contributed by atoms with van der Waals surface area (Å²) in [5, 5.41) is 6.11. The number of amides is 1. The first-order chi connectivity index (χ1) is 14.1. The number of nitrogens with zero attached hydrogens (tertiary/aromatic N) is 1. The fourth-order valence-corrected chi connectivity index (χ4v) is 2.79. The van der Waals surface area contributed by atoms with Gasteiger partial charge in [0, 0.05) is 5.56 Å². The Hall–Kier alpha value is -3.74. The van der Waals surface area contributed by atoms with Crippen molar-refractivity contribution in [3.8, 4) is 23.0 Å². The number of carbonyl (C=O) groups excluding carboxylic acids is 1. The molecule has 1 N–H and O–H groups in total. The third-order valence-corrected chi connectivity index (χ3v) is 4.18. The van der Waals surface area contributed by atoms with E-state index in [1.165, 1.54) is 27.5 Å². The molecule has 0 aromatic heterocycles. The summed E-state index contributed by atoms with van der Waals surface area (Å²) < 4.78 is 21.4. The summed E-state index contributed by atoms with van der Waals surface area (Å²) >= 11 is 0. The number of hydrazone groups is 1. The molecule has 0 heterocycles. The standard InChI is InChI=1S/C22H22N2O5/c1-26-19-10-15(11-20(27-2)22(19)28-3)13-23-24-21(25)14-29-18-9-8-16-6-4-5-7-17(16)12-18/h4-13H,14H2,1-3H3,(H,24,25)/b23-13+. The number of nitrogens with one attached hydrogen (secondary N) is 1. The van der Waals surface area contributed by atoms with Gasteiger partial charge >= 0.3 is 0 Å². The molecule has 0 saturated heterocycles. The molecule has 3 aromatic carbocycles. The van der Waals surface area contributed by atoms with Crippen LogP contribution in [0, 0.1) is 0 Å². The number of hydrogen-bond acceptors (Lipinski definition) is 6. The molecule has 0 bridgehead atoms. The first-order valence-electron chi connectivity index (χ1n) is 8.88. The molecule has 1 amide bonds. The van der Waals surface area contributed by atoms with Crippen molar-refractivity contribution >= 4 is 22.9 Å².